The molecule has 0 aromatic heterocycles. The van der Waals surface area contributed by atoms with Crippen molar-refractivity contribution in [1.82, 2.24) is 10.0 Å². The zero-order valence-corrected chi connectivity index (χ0v) is 14.5. The Balaban J connectivity index is 2.25. The monoisotopic (exact) mass is 344 g/mol. The third-order valence-electron chi connectivity index (χ3n) is 4.00. The van der Waals surface area contributed by atoms with Crippen molar-refractivity contribution in [1.29, 1.82) is 0 Å². The first-order valence-corrected chi connectivity index (χ1v) is 8.91. The highest BCUT2D eigenvalue weighted by Gasteiger charge is 2.36. The predicted molar refractivity (Wildman–Crippen MR) is 86.6 cm³/mol. The molecule has 1 unspecified atom stereocenters. The van der Waals surface area contributed by atoms with Gasteiger partial charge in [0.2, 0.25) is 10.0 Å². The van der Waals surface area contributed by atoms with Gasteiger partial charge in [0.25, 0.3) is 0 Å². The SMILES string of the molecule is COCC1(CNS(=O)(=O)c2c(OC)cccc2OC)CCCN1. The summed E-state index contributed by atoms with van der Waals surface area (Å²) in [5.74, 6) is 0.494. The standard InChI is InChI=1S/C15H24N2O5S/c1-20-11-15(8-5-9-16-15)10-17-23(18,19)14-12(21-2)6-4-7-13(14)22-3/h4,6-7,16-17H,5,8-11H2,1-3H3. The average molecular weight is 344 g/mol. The Hall–Kier alpha value is -1.35. The van der Waals surface area contributed by atoms with Crippen LogP contribution < -0.4 is 19.5 Å². The number of rotatable bonds is 8. The molecule has 2 N–H and O–H groups in total. The minimum Gasteiger partial charge on any atom is -0.495 e. The zero-order chi connectivity index (χ0) is 16.9. The van der Waals surface area contributed by atoms with Gasteiger partial charge in [-0.3, -0.25) is 0 Å². The Labute approximate surface area is 137 Å². The Morgan fingerprint density at radius 3 is 2.35 bits per heavy atom. The van der Waals surface area contributed by atoms with Gasteiger partial charge in [0.1, 0.15) is 11.5 Å². The second kappa shape index (κ2) is 7.48. The third-order valence-corrected chi connectivity index (χ3v) is 5.47. The lowest BCUT2D eigenvalue weighted by Gasteiger charge is -2.29. The summed E-state index contributed by atoms with van der Waals surface area (Å²) in [6.45, 7) is 1.53. The Morgan fingerprint density at radius 1 is 1.22 bits per heavy atom. The summed E-state index contributed by atoms with van der Waals surface area (Å²) in [6.07, 6.45) is 1.84. The molecule has 0 saturated carbocycles. The fourth-order valence-corrected chi connectivity index (χ4v) is 4.30. The van der Waals surface area contributed by atoms with Gasteiger partial charge >= 0.3 is 0 Å². The fourth-order valence-electron chi connectivity index (χ4n) is 2.86. The molecule has 23 heavy (non-hydrogen) atoms. The van der Waals surface area contributed by atoms with Gasteiger partial charge < -0.3 is 19.5 Å². The molecule has 1 aliphatic heterocycles. The molecule has 1 saturated heterocycles. The summed E-state index contributed by atoms with van der Waals surface area (Å²) in [5, 5.41) is 3.34. The second-order valence-electron chi connectivity index (χ2n) is 5.56. The molecule has 1 heterocycles. The van der Waals surface area contributed by atoms with E-state index in [-0.39, 0.29) is 28.5 Å². The van der Waals surface area contributed by atoms with Gasteiger partial charge in [0, 0.05) is 13.7 Å². The lowest BCUT2D eigenvalue weighted by Crippen LogP contribution is -2.52. The number of ether oxygens (including phenoxy) is 3. The molecule has 7 nitrogen and oxygen atoms in total. The maximum atomic E-state index is 12.8. The first-order valence-electron chi connectivity index (χ1n) is 7.43. The van der Waals surface area contributed by atoms with Crippen molar-refractivity contribution in [2.75, 3.05) is 41.0 Å². The molecule has 2 rings (SSSR count). The fraction of sp³-hybridized carbons (Fsp3) is 0.600. The molecule has 0 spiro atoms. The van der Waals surface area contributed by atoms with Crippen molar-refractivity contribution in [3.63, 3.8) is 0 Å². The summed E-state index contributed by atoms with van der Waals surface area (Å²) in [5.41, 5.74) is -0.378. The first kappa shape index (κ1) is 18.0. The van der Waals surface area contributed by atoms with Crippen LogP contribution >= 0.6 is 0 Å². The van der Waals surface area contributed by atoms with Crippen molar-refractivity contribution in [3.05, 3.63) is 18.2 Å². The molecule has 130 valence electrons. The summed E-state index contributed by atoms with van der Waals surface area (Å²) in [7, 11) is 0.684. The van der Waals surface area contributed by atoms with Crippen molar-refractivity contribution < 1.29 is 22.6 Å². The van der Waals surface area contributed by atoms with Gasteiger partial charge in [-0.15, -0.1) is 0 Å². The molecule has 8 heteroatoms. The molecule has 0 bridgehead atoms. The highest BCUT2D eigenvalue weighted by atomic mass is 32.2. The average Bonchev–Trinajstić information content (AvgIpc) is 3.01. The Kier molecular flexibility index (Phi) is 5.85. The van der Waals surface area contributed by atoms with E-state index in [4.69, 9.17) is 14.2 Å². The normalized spacial score (nSPS) is 21.3. The predicted octanol–water partition coefficient (Wildman–Crippen LogP) is 0.751. The van der Waals surface area contributed by atoms with Gasteiger partial charge in [0.05, 0.1) is 26.4 Å². The molecule has 0 radical (unpaired) electrons. The zero-order valence-electron chi connectivity index (χ0n) is 13.7. The summed E-state index contributed by atoms with van der Waals surface area (Å²) >= 11 is 0. The summed E-state index contributed by atoms with van der Waals surface area (Å²) < 4.78 is 43.8. The molecule has 1 fully saturated rings. The molecule has 1 atom stereocenters. The highest BCUT2D eigenvalue weighted by Crippen LogP contribution is 2.33. The maximum absolute atomic E-state index is 12.8. The van der Waals surface area contributed by atoms with E-state index >= 15 is 0 Å². The number of sulfonamides is 1. The van der Waals surface area contributed by atoms with Gasteiger partial charge in [-0.25, -0.2) is 13.1 Å². The van der Waals surface area contributed by atoms with Crippen molar-refractivity contribution in [2.45, 2.75) is 23.3 Å². The van der Waals surface area contributed by atoms with E-state index in [1.165, 1.54) is 14.2 Å². The molecular weight excluding hydrogens is 320 g/mol. The van der Waals surface area contributed by atoms with E-state index in [2.05, 4.69) is 10.0 Å². The van der Waals surface area contributed by atoms with Gasteiger partial charge in [-0.1, -0.05) is 6.07 Å². The van der Waals surface area contributed by atoms with Crippen LogP contribution in [0.15, 0.2) is 23.1 Å². The molecule has 1 aromatic rings. The molecular formula is C15H24N2O5S. The van der Waals surface area contributed by atoms with Crippen LogP contribution in [0.5, 0.6) is 11.5 Å². The van der Waals surface area contributed by atoms with Crippen LogP contribution in [0.3, 0.4) is 0 Å². The summed E-state index contributed by atoms with van der Waals surface area (Å²) in [6, 6.07) is 4.87. The lowest BCUT2D eigenvalue weighted by molar-refractivity contribution is 0.122. The Bertz CT molecular complexity index is 605. The molecule has 0 aliphatic carbocycles. The Morgan fingerprint density at radius 2 is 1.87 bits per heavy atom. The van der Waals surface area contributed by atoms with E-state index in [0.29, 0.717) is 6.61 Å². The van der Waals surface area contributed by atoms with Crippen LogP contribution in [0, 0.1) is 0 Å². The van der Waals surface area contributed by atoms with E-state index in [1.807, 2.05) is 0 Å². The van der Waals surface area contributed by atoms with E-state index in [1.54, 1.807) is 25.3 Å². The van der Waals surface area contributed by atoms with Gasteiger partial charge in [0.15, 0.2) is 4.90 Å². The van der Waals surface area contributed by atoms with Crippen LogP contribution in [-0.4, -0.2) is 55.0 Å². The molecule has 0 amide bonds. The van der Waals surface area contributed by atoms with E-state index in [0.717, 1.165) is 19.4 Å². The third kappa shape index (κ3) is 3.95. The van der Waals surface area contributed by atoms with Gasteiger partial charge in [-0.2, -0.15) is 0 Å². The number of hydrogen-bond acceptors (Lipinski definition) is 6. The smallest absolute Gasteiger partial charge is 0.248 e. The van der Waals surface area contributed by atoms with Crippen molar-refractivity contribution in [2.24, 2.45) is 0 Å². The van der Waals surface area contributed by atoms with E-state index < -0.39 is 10.0 Å². The van der Waals surface area contributed by atoms with Crippen molar-refractivity contribution in [3.8, 4) is 11.5 Å². The first-order chi connectivity index (χ1) is 11.0. The van der Waals surface area contributed by atoms with Crippen LogP contribution in [0.25, 0.3) is 0 Å². The van der Waals surface area contributed by atoms with Crippen molar-refractivity contribution >= 4 is 10.0 Å². The maximum Gasteiger partial charge on any atom is 0.248 e. The number of methoxy groups -OCH3 is 3. The van der Waals surface area contributed by atoms with Crippen LogP contribution in [-0.2, 0) is 14.8 Å². The number of nitrogens with one attached hydrogen (secondary N) is 2. The second-order valence-corrected chi connectivity index (χ2v) is 7.26. The molecule has 1 aliphatic rings. The number of hydrogen-bond donors (Lipinski definition) is 2. The molecule has 1 aromatic carbocycles. The number of benzene rings is 1. The lowest BCUT2D eigenvalue weighted by atomic mass is 9.99. The highest BCUT2D eigenvalue weighted by molar-refractivity contribution is 7.89. The minimum absolute atomic E-state index is 0.00978. The van der Waals surface area contributed by atoms with Gasteiger partial charge in [-0.05, 0) is 31.5 Å². The summed E-state index contributed by atoms with van der Waals surface area (Å²) in [4.78, 5) is 0.00978. The van der Waals surface area contributed by atoms with Crippen LogP contribution in [0.1, 0.15) is 12.8 Å². The minimum atomic E-state index is -3.79. The van der Waals surface area contributed by atoms with Crippen LogP contribution in [0.4, 0.5) is 0 Å². The quantitative estimate of drug-likeness (QED) is 0.724. The largest absolute Gasteiger partial charge is 0.495 e. The van der Waals surface area contributed by atoms with Crippen LogP contribution in [0.2, 0.25) is 0 Å². The topological polar surface area (TPSA) is 85.9 Å². The van der Waals surface area contributed by atoms with E-state index in [9.17, 15) is 8.42 Å².